The molecule has 0 aromatic carbocycles. The van der Waals surface area contributed by atoms with Crippen molar-refractivity contribution < 1.29 is 10.2 Å². The van der Waals surface area contributed by atoms with E-state index in [0.717, 1.165) is 38.5 Å². The van der Waals surface area contributed by atoms with Gasteiger partial charge in [-0.2, -0.15) is 0 Å². The molecule has 0 radical (unpaired) electrons. The van der Waals surface area contributed by atoms with Gasteiger partial charge in [-0.25, -0.2) is 0 Å². The van der Waals surface area contributed by atoms with E-state index in [1.165, 1.54) is 12.8 Å². The second-order valence-electron chi connectivity index (χ2n) is 10.3. The Morgan fingerprint density at radius 1 is 0.773 bits per heavy atom. The Balaban J connectivity index is 2.32. The Labute approximate surface area is 137 Å². The molecule has 2 aliphatic carbocycles. The zero-order valence-electron chi connectivity index (χ0n) is 15.7. The van der Waals surface area contributed by atoms with Crippen LogP contribution >= 0.6 is 0 Å². The standard InChI is InChI=1S/C20H38O2/c1-17(2,3)15-10-9-12-19(21,14-15)20(22)13-8-7-11-16(20)18(4,5)6/h15-16,21-22H,7-14H2,1-6H3. The average Bonchev–Trinajstić information content (AvgIpc) is 2.36. The first kappa shape index (κ1) is 18.3. The number of aliphatic hydroxyl groups is 2. The van der Waals surface area contributed by atoms with Crippen LogP contribution in [0, 0.1) is 22.7 Å². The van der Waals surface area contributed by atoms with Gasteiger partial charge in [-0.15, -0.1) is 0 Å². The second-order valence-corrected chi connectivity index (χ2v) is 10.3. The predicted molar refractivity (Wildman–Crippen MR) is 92.7 cm³/mol. The topological polar surface area (TPSA) is 40.5 Å². The summed E-state index contributed by atoms with van der Waals surface area (Å²) in [5, 5.41) is 23.3. The molecular formula is C20H38O2. The Kier molecular flexibility index (Phi) is 4.79. The monoisotopic (exact) mass is 310 g/mol. The second kappa shape index (κ2) is 5.77. The molecule has 2 saturated carbocycles. The molecular weight excluding hydrogens is 272 g/mol. The Hall–Kier alpha value is -0.0800. The van der Waals surface area contributed by atoms with Gasteiger partial charge in [0, 0.05) is 0 Å². The van der Waals surface area contributed by atoms with Crippen LogP contribution in [0.2, 0.25) is 0 Å². The van der Waals surface area contributed by atoms with Gasteiger partial charge in [0.05, 0.1) is 11.2 Å². The van der Waals surface area contributed by atoms with Crippen molar-refractivity contribution in [3.8, 4) is 0 Å². The summed E-state index contributed by atoms with van der Waals surface area (Å²) >= 11 is 0. The summed E-state index contributed by atoms with van der Waals surface area (Å²) in [6.07, 6.45) is 7.79. The number of hydrogen-bond acceptors (Lipinski definition) is 2. The van der Waals surface area contributed by atoms with Crippen LogP contribution in [0.3, 0.4) is 0 Å². The highest BCUT2D eigenvalue weighted by Gasteiger charge is 2.58. The molecule has 2 rings (SSSR count). The summed E-state index contributed by atoms with van der Waals surface area (Å²) in [6.45, 7) is 13.5. The molecule has 0 aromatic rings. The molecule has 0 aromatic heterocycles. The Morgan fingerprint density at radius 2 is 1.41 bits per heavy atom. The SMILES string of the molecule is CC(C)(C)C1CCCC(O)(C2(O)CCCCC2C(C)(C)C)C1. The average molecular weight is 311 g/mol. The molecule has 0 heterocycles. The minimum atomic E-state index is -0.909. The van der Waals surface area contributed by atoms with Crippen molar-refractivity contribution in [3.63, 3.8) is 0 Å². The highest BCUT2D eigenvalue weighted by Crippen LogP contribution is 2.55. The van der Waals surface area contributed by atoms with E-state index in [-0.39, 0.29) is 16.7 Å². The molecule has 2 aliphatic rings. The fraction of sp³-hybridized carbons (Fsp3) is 1.00. The van der Waals surface area contributed by atoms with Crippen molar-refractivity contribution in [1.29, 1.82) is 0 Å². The van der Waals surface area contributed by atoms with Crippen molar-refractivity contribution in [1.82, 2.24) is 0 Å². The molecule has 4 unspecified atom stereocenters. The fourth-order valence-corrected chi connectivity index (χ4v) is 5.25. The van der Waals surface area contributed by atoms with Gasteiger partial charge in [-0.1, -0.05) is 60.8 Å². The number of rotatable bonds is 1. The summed E-state index contributed by atoms with van der Waals surface area (Å²) in [5.41, 5.74) is -1.56. The first-order chi connectivity index (χ1) is 9.90. The number of hydrogen-bond donors (Lipinski definition) is 2. The quantitative estimate of drug-likeness (QED) is 0.721. The predicted octanol–water partition coefficient (Wildman–Crippen LogP) is 4.92. The molecule has 4 atom stereocenters. The zero-order chi connectivity index (χ0) is 16.8. The minimum Gasteiger partial charge on any atom is -0.387 e. The maximum atomic E-state index is 11.7. The van der Waals surface area contributed by atoms with E-state index in [4.69, 9.17) is 0 Å². The lowest BCUT2D eigenvalue weighted by Gasteiger charge is -2.57. The van der Waals surface area contributed by atoms with E-state index >= 15 is 0 Å². The van der Waals surface area contributed by atoms with Crippen molar-refractivity contribution >= 4 is 0 Å². The molecule has 2 heteroatoms. The first-order valence-electron chi connectivity index (χ1n) is 9.35. The lowest BCUT2D eigenvalue weighted by Crippen LogP contribution is -2.64. The third kappa shape index (κ3) is 3.24. The third-order valence-electron chi connectivity index (χ3n) is 6.68. The Morgan fingerprint density at radius 3 is 1.95 bits per heavy atom. The minimum absolute atomic E-state index is 0.0412. The van der Waals surface area contributed by atoms with Gasteiger partial charge in [-0.05, 0) is 54.8 Å². The molecule has 0 bridgehead atoms. The van der Waals surface area contributed by atoms with Crippen LogP contribution in [-0.2, 0) is 0 Å². The summed E-state index contributed by atoms with van der Waals surface area (Å²) in [6, 6.07) is 0. The van der Waals surface area contributed by atoms with Gasteiger partial charge in [-0.3, -0.25) is 0 Å². The molecule has 2 nitrogen and oxygen atoms in total. The molecule has 2 N–H and O–H groups in total. The summed E-state index contributed by atoms with van der Waals surface area (Å²) < 4.78 is 0. The molecule has 0 amide bonds. The highest BCUT2D eigenvalue weighted by atomic mass is 16.4. The van der Waals surface area contributed by atoms with E-state index in [2.05, 4.69) is 41.5 Å². The van der Waals surface area contributed by atoms with Crippen LogP contribution in [0.1, 0.15) is 92.9 Å². The Bertz CT molecular complexity index is 389. The van der Waals surface area contributed by atoms with Crippen molar-refractivity contribution in [3.05, 3.63) is 0 Å². The van der Waals surface area contributed by atoms with Crippen LogP contribution in [-0.4, -0.2) is 21.4 Å². The first-order valence-corrected chi connectivity index (χ1v) is 9.35. The molecule has 0 aliphatic heterocycles. The van der Waals surface area contributed by atoms with E-state index in [0.29, 0.717) is 5.92 Å². The molecule has 130 valence electrons. The van der Waals surface area contributed by atoms with Crippen LogP contribution in [0.5, 0.6) is 0 Å². The van der Waals surface area contributed by atoms with Crippen molar-refractivity contribution in [2.75, 3.05) is 0 Å². The maximum absolute atomic E-state index is 11.7. The summed E-state index contributed by atoms with van der Waals surface area (Å²) in [5.74, 6) is 0.690. The van der Waals surface area contributed by atoms with Gasteiger partial charge in [0.2, 0.25) is 0 Å². The van der Waals surface area contributed by atoms with Gasteiger partial charge < -0.3 is 10.2 Å². The zero-order valence-corrected chi connectivity index (χ0v) is 15.7. The maximum Gasteiger partial charge on any atom is 0.0966 e. The van der Waals surface area contributed by atoms with E-state index in [1.807, 2.05) is 0 Å². The van der Waals surface area contributed by atoms with Crippen LogP contribution in [0.15, 0.2) is 0 Å². The summed E-state index contributed by atoms with van der Waals surface area (Å²) in [7, 11) is 0. The molecule has 0 spiro atoms. The summed E-state index contributed by atoms with van der Waals surface area (Å²) in [4.78, 5) is 0. The van der Waals surface area contributed by atoms with E-state index < -0.39 is 11.2 Å². The highest BCUT2D eigenvalue weighted by molar-refractivity contribution is 5.10. The smallest absolute Gasteiger partial charge is 0.0966 e. The lowest BCUT2D eigenvalue weighted by molar-refractivity contribution is -0.235. The molecule has 22 heavy (non-hydrogen) atoms. The van der Waals surface area contributed by atoms with Crippen LogP contribution < -0.4 is 0 Å². The van der Waals surface area contributed by atoms with Gasteiger partial charge in [0.1, 0.15) is 0 Å². The lowest BCUT2D eigenvalue weighted by atomic mass is 9.53. The van der Waals surface area contributed by atoms with E-state index in [1.54, 1.807) is 0 Å². The van der Waals surface area contributed by atoms with Gasteiger partial charge in [0.25, 0.3) is 0 Å². The van der Waals surface area contributed by atoms with Gasteiger partial charge >= 0.3 is 0 Å². The van der Waals surface area contributed by atoms with Crippen molar-refractivity contribution in [2.45, 2.75) is 104 Å². The van der Waals surface area contributed by atoms with Gasteiger partial charge in [0.15, 0.2) is 0 Å². The fourth-order valence-electron chi connectivity index (χ4n) is 5.25. The third-order valence-corrected chi connectivity index (χ3v) is 6.68. The van der Waals surface area contributed by atoms with Crippen LogP contribution in [0.4, 0.5) is 0 Å². The molecule has 2 fully saturated rings. The van der Waals surface area contributed by atoms with E-state index in [9.17, 15) is 10.2 Å². The largest absolute Gasteiger partial charge is 0.387 e. The van der Waals surface area contributed by atoms with Crippen LogP contribution in [0.25, 0.3) is 0 Å². The normalized spacial score (nSPS) is 41.5. The van der Waals surface area contributed by atoms with Crippen molar-refractivity contribution in [2.24, 2.45) is 22.7 Å². The molecule has 0 saturated heterocycles.